The Kier molecular flexibility index (Phi) is 7.56. The van der Waals surface area contributed by atoms with Crippen molar-refractivity contribution >= 4 is 0 Å². The quantitative estimate of drug-likeness (QED) is 0.676. The van der Waals surface area contributed by atoms with Crippen molar-refractivity contribution in [1.29, 1.82) is 0 Å². The van der Waals surface area contributed by atoms with E-state index in [0.29, 0.717) is 18.6 Å². The van der Waals surface area contributed by atoms with Crippen LogP contribution in [0.3, 0.4) is 0 Å². The molecule has 0 amide bonds. The van der Waals surface area contributed by atoms with Gasteiger partial charge in [-0.1, -0.05) is 32.9 Å². The molecule has 3 atom stereocenters. The van der Waals surface area contributed by atoms with Crippen LogP contribution >= 0.6 is 0 Å². The fourth-order valence-corrected chi connectivity index (χ4v) is 2.22. The highest BCUT2D eigenvalue weighted by Crippen LogP contribution is 2.25. The van der Waals surface area contributed by atoms with Crippen molar-refractivity contribution in [2.24, 2.45) is 11.8 Å². The van der Waals surface area contributed by atoms with Gasteiger partial charge >= 0.3 is 0 Å². The maximum absolute atomic E-state index is 6.02. The molecule has 0 spiro atoms. The fourth-order valence-electron chi connectivity index (χ4n) is 2.22. The summed E-state index contributed by atoms with van der Waals surface area (Å²) in [4.78, 5) is 0. The smallest absolute Gasteiger partial charge is 0.0932 e. The van der Waals surface area contributed by atoms with E-state index in [1.54, 1.807) is 7.11 Å². The summed E-state index contributed by atoms with van der Waals surface area (Å²) in [6.45, 7) is 8.99. The Balaban J connectivity index is 2.29. The molecule has 0 aromatic rings. The molecule has 106 valence electrons. The zero-order chi connectivity index (χ0) is 13.4. The maximum atomic E-state index is 6.02. The van der Waals surface area contributed by atoms with Crippen LogP contribution in [0.2, 0.25) is 0 Å². The van der Waals surface area contributed by atoms with Gasteiger partial charge in [-0.05, 0) is 24.7 Å². The molecule has 0 bridgehead atoms. The van der Waals surface area contributed by atoms with E-state index in [-0.39, 0.29) is 6.10 Å². The number of allylic oxidation sites excluding steroid dienone is 2. The molecule has 0 saturated carbocycles. The minimum atomic E-state index is 0.163. The van der Waals surface area contributed by atoms with E-state index in [0.717, 1.165) is 25.5 Å². The van der Waals surface area contributed by atoms with Crippen LogP contribution < -0.4 is 5.32 Å². The van der Waals surface area contributed by atoms with E-state index in [1.165, 1.54) is 6.42 Å². The Morgan fingerprint density at radius 1 is 1.28 bits per heavy atom. The van der Waals surface area contributed by atoms with Gasteiger partial charge in [0.1, 0.15) is 0 Å². The van der Waals surface area contributed by atoms with E-state index in [4.69, 9.17) is 9.47 Å². The summed E-state index contributed by atoms with van der Waals surface area (Å²) in [5.41, 5.74) is 0. The van der Waals surface area contributed by atoms with Gasteiger partial charge in [0.15, 0.2) is 0 Å². The van der Waals surface area contributed by atoms with Gasteiger partial charge in [0.05, 0.1) is 19.3 Å². The number of nitrogens with one attached hydrogen (secondary N) is 1. The van der Waals surface area contributed by atoms with Gasteiger partial charge in [-0.3, -0.25) is 0 Å². The van der Waals surface area contributed by atoms with Crippen molar-refractivity contribution in [3.63, 3.8) is 0 Å². The zero-order valence-corrected chi connectivity index (χ0v) is 12.3. The normalized spacial score (nSPS) is 25.6. The molecular weight excluding hydrogens is 226 g/mol. The first-order valence-corrected chi connectivity index (χ1v) is 7.12. The van der Waals surface area contributed by atoms with Crippen LogP contribution in [0.1, 0.15) is 33.6 Å². The minimum absolute atomic E-state index is 0.163. The van der Waals surface area contributed by atoms with Crippen LogP contribution in [-0.4, -0.2) is 39.0 Å². The average molecular weight is 255 g/mol. The molecule has 0 heterocycles. The van der Waals surface area contributed by atoms with Gasteiger partial charge in [0, 0.05) is 19.7 Å². The van der Waals surface area contributed by atoms with Gasteiger partial charge in [-0.2, -0.15) is 0 Å². The number of hydrogen-bond acceptors (Lipinski definition) is 3. The highest BCUT2D eigenvalue weighted by molar-refractivity contribution is 4.93. The third-order valence-corrected chi connectivity index (χ3v) is 3.57. The predicted molar refractivity (Wildman–Crippen MR) is 75.8 cm³/mol. The van der Waals surface area contributed by atoms with Crippen LogP contribution in [0, 0.1) is 11.8 Å². The summed E-state index contributed by atoms with van der Waals surface area (Å²) < 4.78 is 11.2. The van der Waals surface area contributed by atoms with Crippen LogP contribution in [0.15, 0.2) is 12.2 Å². The lowest BCUT2D eigenvalue weighted by atomic mass is 9.85. The lowest BCUT2D eigenvalue weighted by Gasteiger charge is -2.27. The number of methoxy groups -OCH3 is 1. The molecule has 3 unspecified atom stereocenters. The van der Waals surface area contributed by atoms with E-state index < -0.39 is 0 Å². The Labute approximate surface area is 112 Å². The van der Waals surface area contributed by atoms with Crippen molar-refractivity contribution in [3.8, 4) is 0 Å². The highest BCUT2D eigenvalue weighted by Gasteiger charge is 2.20. The van der Waals surface area contributed by atoms with Crippen molar-refractivity contribution < 1.29 is 9.47 Å². The monoisotopic (exact) mass is 255 g/mol. The summed E-state index contributed by atoms with van der Waals surface area (Å²) in [6, 6.07) is 0.490. The third-order valence-electron chi connectivity index (χ3n) is 3.57. The molecule has 0 aliphatic heterocycles. The molecule has 0 saturated heterocycles. The molecule has 3 heteroatoms. The lowest BCUT2D eigenvalue weighted by molar-refractivity contribution is -0.0241. The zero-order valence-electron chi connectivity index (χ0n) is 12.3. The van der Waals surface area contributed by atoms with Crippen LogP contribution in [0.5, 0.6) is 0 Å². The van der Waals surface area contributed by atoms with E-state index in [1.807, 2.05) is 0 Å². The van der Waals surface area contributed by atoms with Crippen LogP contribution in [0.25, 0.3) is 0 Å². The summed E-state index contributed by atoms with van der Waals surface area (Å²) in [6.07, 6.45) is 7.07. The van der Waals surface area contributed by atoms with Crippen molar-refractivity contribution in [1.82, 2.24) is 5.32 Å². The second-order valence-electron chi connectivity index (χ2n) is 5.65. The van der Waals surface area contributed by atoms with E-state index in [9.17, 15) is 0 Å². The van der Waals surface area contributed by atoms with Gasteiger partial charge in [0.2, 0.25) is 0 Å². The molecule has 1 N–H and O–H groups in total. The summed E-state index contributed by atoms with van der Waals surface area (Å²) in [5, 5.41) is 3.41. The maximum Gasteiger partial charge on any atom is 0.0932 e. The second kappa shape index (κ2) is 8.68. The SMILES string of the molecule is COCC(CNC(C)C)OCC1CC=CCC1C. The molecule has 0 aromatic heterocycles. The standard InChI is InChI=1S/C15H29NO2/c1-12(2)16-9-15(11-17-4)18-10-14-8-6-5-7-13(14)3/h5-6,12-16H,7-11H2,1-4H3. The molecule has 3 nitrogen and oxygen atoms in total. The molecule has 1 aliphatic rings. The largest absolute Gasteiger partial charge is 0.382 e. The third kappa shape index (κ3) is 5.98. The summed E-state index contributed by atoms with van der Waals surface area (Å²) in [7, 11) is 1.73. The fraction of sp³-hybridized carbons (Fsp3) is 0.867. The number of rotatable bonds is 8. The first kappa shape index (κ1) is 15.7. The van der Waals surface area contributed by atoms with Crippen molar-refractivity contribution in [2.45, 2.75) is 45.8 Å². The molecule has 1 aliphatic carbocycles. The molecule has 18 heavy (non-hydrogen) atoms. The first-order chi connectivity index (χ1) is 8.63. The van der Waals surface area contributed by atoms with Gasteiger partial charge in [0.25, 0.3) is 0 Å². The molecule has 0 radical (unpaired) electrons. The summed E-state index contributed by atoms with van der Waals surface area (Å²) >= 11 is 0. The molecule has 0 fully saturated rings. The molecule has 1 rings (SSSR count). The van der Waals surface area contributed by atoms with Gasteiger partial charge in [-0.15, -0.1) is 0 Å². The Morgan fingerprint density at radius 3 is 2.61 bits per heavy atom. The highest BCUT2D eigenvalue weighted by atomic mass is 16.5. The molecule has 0 aromatic carbocycles. The number of hydrogen-bond donors (Lipinski definition) is 1. The lowest BCUT2D eigenvalue weighted by Crippen LogP contribution is -2.37. The molecular formula is C15H29NO2. The van der Waals surface area contributed by atoms with Gasteiger partial charge < -0.3 is 14.8 Å². The van der Waals surface area contributed by atoms with Crippen LogP contribution in [-0.2, 0) is 9.47 Å². The average Bonchev–Trinajstić information content (AvgIpc) is 2.34. The van der Waals surface area contributed by atoms with E-state index in [2.05, 4.69) is 38.2 Å². The topological polar surface area (TPSA) is 30.5 Å². The van der Waals surface area contributed by atoms with Crippen molar-refractivity contribution in [2.75, 3.05) is 26.9 Å². The van der Waals surface area contributed by atoms with Crippen LogP contribution in [0.4, 0.5) is 0 Å². The summed E-state index contributed by atoms with van der Waals surface area (Å²) in [5.74, 6) is 1.39. The van der Waals surface area contributed by atoms with Gasteiger partial charge in [-0.25, -0.2) is 0 Å². The Bertz CT molecular complexity index is 241. The first-order valence-electron chi connectivity index (χ1n) is 7.12. The Hall–Kier alpha value is -0.380. The van der Waals surface area contributed by atoms with E-state index >= 15 is 0 Å². The Morgan fingerprint density at radius 2 is 2.00 bits per heavy atom. The minimum Gasteiger partial charge on any atom is -0.382 e. The number of ether oxygens (including phenoxy) is 2. The van der Waals surface area contributed by atoms with Crippen molar-refractivity contribution in [3.05, 3.63) is 12.2 Å². The second-order valence-corrected chi connectivity index (χ2v) is 5.65. The predicted octanol–water partition coefficient (Wildman–Crippen LogP) is 2.62.